The number of benzene rings is 1. The first-order valence-corrected chi connectivity index (χ1v) is 9.11. The summed E-state index contributed by atoms with van der Waals surface area (Å²) >= 11 is 0. The second-order valence-electron chi connectivity index (χ2n) is 7.27. The van der Waals surface area contributed by atoms with Crippen molar-refractivity contribution in [2.75, 3.05) is 20.3 Å². The molecule has 0 aromatic heterocycles. The van der Waals surface area contributed by atoms with E-state index >= 15 is 0 Å². The number of hydrogen-bond donors (Lipinski definition) is 2. The predicted molar refractivity (Wildman–Crippen MR) is 99.8 cm³/mol. The van der Waals surface area contributed by atoms with Crippen molar-refractivity contribution < 1.29 is 24.2 Å². The third-order valence-corrected chi connectivity index (χ3v) is 5.13. The molecule has 2 atom stereocenters. The van der Waals surface area contributed by atoms with Gasteiger partial charge in [-0.2, -0.15) is 0 Å². The Morgan fingerprint density at radius 3 is 2.78 bits per heavy atom. The smallest absolute Gasteiger partial charge is 0.325 e. The van der Waals surface area contributed by atoms with E-state index in [1.165, 1.54) is 0 Å². The Kier molecular flexibility index (Phi) is 5.41. The van der Waals surface area contributed by atoms with Crippen LogP contribution in [0.25, 0.3) is 0 Å². The molecule has 3 amide bonds. The molecule has 3 rings (SSSR count). The molecule has 1 aliphatic heterocycles. The number of nitrogens with one attached hydrogen (secondary N) is 1. The van der Waals surface area contributed by atoms with Gasteiger partial charge in [-0.3, -0.25) is 9.69 Å². The zero-order valence-electron chi connectivity index (χ0n) is 15.7. The first-order chi connectivity index (χ1) is 12.9. The van der Waals surface area contributed by atoms with E-state index in [4.69, 9.17) is 9.47 Å². The van der Waals surface area contributed by atoms with E-state index in [0.717, 1.165) is 23.3 Å². The van der Waals surface area contributed by atoms with Crippen LogP contribution >= 0.6 is 0 Å². The third kappa shape index (κ3) is 3.93. The van der Waals surface area contributed by atoms with Crippen LogP contribution in [-0.4, -0.2) is 53.8 Å². The molecule has 1 heterocycles. The number of allylic oxidation sites excluding steroid dienone is 1. The minimum atomic E-state index is -1.00. The van der Waals surface area contributed by atoms with Gasteiger partial charge in [-0.25, -0.2) is 4.79 Å². The number of nitrogens with zero attached hydrogens (tertiary/aromatic N) is 1. The fourth-order valence-corrected chi connectivity index (χ4v) is 3.39. The van der Waals surface area contributed by atoms with Gasteiger partial charge in [-0.05, 0) is 49.8 Å². The number of amides is 3. The molecule has 7 nitrogen and oxygen atoms in total. The summed E-state index contributed by atoms with van der Waals surface area (Å²) in [5.74, 6) is 0.952. The average Bonchev–Trinajstić information content (AvgIpc) is 3.47. The van der Waals surface area contributed by atoms with Crippen molar-refractivity contribution in [3.63, 3.8) is 0 Å². The van der Waals surface area contributed by atoms with E-state index < -0.39 is 17.7 Å². The third-order valence-electron chi connectivity index (χ3n) is 5.13. The molecule has 146 valence electrons. The normalized spacial score (nSPS) is 23.1. The van der Waals surface area contributed by atoms with E-state index in [9.17, 15) is 14.7 Å². The summed E-state index contributed by atoms with van der Waals surface area (Å²) in [6, 6.07) is 5.05. The molecule has 0 spiro atoms. The van der Waals surface area contributed by atoms with Gasteiger partial charge in [0, 0.05) is 0 Å². The molecule has 1 aromatic rings. The molecule has 0 unspecified atom stereocenters. The van der Waals surface area contributed by atoms with Gasteiger partial charge in [-0.15, -0.1) is 6.58 Å². The Balaban J connectivity index is 1.58. The van der Waals surface area contributed by atoms with Crippen molar-refractivity contribution in [2.45, 2.75) is 37.8 Å². The predicted octanol–water partition coefficient (Wildman–Crippen LogP) is 1.88. The SMILES string of the molecule is C=CCc1ccc(OC[C@@H](O)CN2C(=O)N[C@](C)(C3CC3)C2=O)c(OC)c1. The molecule has 2 N–H and O–H groups in total. The van der Waals surface area contributed by atoms with E-state index in [-0.39, 0.29) is 25.0 Å². The molecular weight excluding hydrogens is 348 g/mol. The minimum Gasteiger partial charge on any atom is -0.493 e. The van der Waals surface area contributed by atoms with Crippen molar-refractivity contribution in [3.8, 4) is 11.5 Å². The van der Waals surface area contributed by atoms with Crippen LogP contribution in [0.15, 0.2) is 30.9 Å². The summed E-state index contributed by atoms with van der Waals surface area (Å²) in [4.78, 5) is 25.8. The number of urea groups is 1. The highest BCUT2D eigenvalue weighted by Gasteiger charge is 2.56. The number of ether oxygens (including phenoxy) is 2. The van der Waals surface area contributed by atoms with Crippen LogP contribution in [0, 0.1) is 5.92 Å². The molecule has 7 heteroatoms. The van der Waals surface area contributed by atoms with E-state index in [1.54, 1.807) is 26.2 Å². The van der Waals surface area contributed by atoms with Crippen LogP contribution in [0.4, 0.5) is 4.79 Å². The first kappa shape index (κ1) is 19.2. The van der Waals surface area contributed by atoms with Gasteiger partial charge >= 0.3 is 6.03 Å². The Hall–Kier alpha value is -2.54. The van der Waals surface area contributed by atoms with Crippen LogP contribution in [0.1, 0.15) is 25.3 Å². The molecule has 1 aliphatic carbocycles. The molecular formula is C20H26N2O5. The number of β-amino-alcohol motifs (C(OH)–C–C–N with tert-alkyl or cyclic N) is 1. The molecule has 2 fully saturated rings. The van der Waals surface area contributed by atoms with Crippen molar-refractivity contribution in [2.24, 2.45) is 5.92 Å². The van der Waals surface area contributed by atoms with Gasteiger partial charge in [0.1, 0.15) is 18.2 Å². The number of rotatable bonds is 9. The molecule has 1 saturated heterocycles. The Labute approximate surface area is 158 Å². The van der Waals surface area contributed by atoms with Gasteiger partial charge < -0.3 is 19.9 Å². The van der Waals surface area contributed by atoms with Gasteiger partial charge in [0.15, 0.2) is 11.5 Å². The number of carbonyl (C=O) groups is 2. The fraction of sp³-hybridized carbons (Fsp3) is 0.500. The van der Waals surface area contributed by atoms with Gasteiger partial charge in [-0.1, -0.05) is 12.1 Å². The van der Waals surface area contributed by atoms with Crippen molar-refractivity contribution >= 4 is 11.9 Å². The highest BCUT2D eigenvalue weighted by atomic mass is 16.5. The Morgan fingerprint density at radius 2 is 2.15 bits per heavy atom. The maximum atomic E-state index is 12.6. The maximum Gasteiger partial charge on any atom is 0.325 e. The highest BCUT2D eigenvalue weighted by Crippen LogP contribution is 2.42. The fourth-order valence-electron chi connectivity index (χ4n) is 3.39. The quantitative estimate of drug-likeness (QED) is 0.509. The highest BCUT2D eigenvalue weighted by molar-refractivity contribution is 6.07. The second kappa shape index (κ2) is 7.60. The van der Waals surface area contributed by atoms with Crippen molar-refractivity contribution in [3.05, 3.63) is 36.4 Å². The lowest BCUT2D eigenvalue weighted by Gasteiger charge is -2.22. The lowest BCUT2D eigenvalue weighted by Crippen LogP contribution is -2.46. The second-order valence-corrected chi connectivity index (χ2v) is 7.27. The van der Waals surface area contributed by atoms with Crippen LogP contribution < -0.4 is 14.8 Å². The summed E-state index contributed by atoms with van der Waals surface area (Å²) < 4.78 is 11.0. The number of imide groups is 1. The molecule has 1 saturated carbocycles. The number of hydrogen-bond acceptors (Lipinski definition) is 5. The lowest BCUT2D eigenvalue weighted by atomic mass is 9.96. The van der Waals surface area contributed by atoms with Crippen molar-refractivity contribution in [1.29, 1.82) is 0 Å². The summed E-state index contributed by atoms with van der Waals surface area (Å²) in [6.07, 6.45) is 3.38. The first-order valence-electron chi connectivity index (χ1n) is 9.11. The summed E-state index contributed by atoms with van der Waals surface area (Å²) in [6.45, 7) is 5.29. The number of aliphatic hydroxyl groups is 1. The summed E-state index contributed by atoms with van der Waals surface area (Å²) in [7, 11) is 1.54. The Bertz CT molecular complexity index is 746. The monoisotopic (exact) mass is 374 g/mol. The van der Waals surface area contributed by atoms with Crippen LogP contribution in [0.5, 0.6) is 11.5 Å². The largest absolute Gasteiger partial charge is 0.493 e. The van der Waals surface area contributed by atoms with E-state index in [0.29, 0.717) is 17.9 Å². The van der Waals surface area contributed by atoms with Crippen LogP contribution in [-0.2, 0) is 11.2 Å². The van der Waals surface area contributed by atoms with E-state index in [1.807, 2.05) is 12.1 Å². The molecule has 0 radical (unpaired) electrons. The molecule has 2 aliphatic rings. The summed E-state index contributed by atoms with van der Waals surface area (Å²) in [5, 5.41) is 13.0. The van der Waals surface area contributed by atoms with Gasteiger partial charge in [0.2, 0.25) is 0 Å². The molecule has 0 bridgehead atoms. The van der Waals surface area contributed by atoms with E-state index in [2.05, 4.69) is 11.9 Å². The Morgan fingerprint density at radius 1 is 1.41 bits per heavy atom. The van der Waals surface area contributed by atoms with Gasteiger partial charge in [0.25, 0.3) is 5.91 Å². The van der Waals surface area contributed by atoms with Gasteiger partial charge in [0.05, 0.1) is 13.7 Å². The number of aliphatic hydroxyl groups excluding tert-OH is 1. The topological polar surface area (TPSA) is 88.1 Å². The molecule has 27 heavy (non-hydrogen) atoms. The average molecular weight is 374 g/mol. The number of carbonyl (C=O) groups excluding carboxylic acids is 2. The van der Waals surface area contributed by atoms with Crippen LogP contribution in [0.2, 0.25) is 0 Å². The van der Waals surface area contributed by atoms with Crippen molar-refractivity contribution in [1.82, 2.24) is 10.2 Å². The minimum absolute atomic E-state index is 0.0611. The zero-order chi connectivity index (χ0) is 19.6. The summed E-state index contributed by atoms with van der Waals surface area (Å²) in [5.41, 5.74) is 0.190. The number of methoxy groups -OCH3 is 1. The standard InChI is InChI=1S/C20H26N2O5/c1-4-5-13-6-9-16(17(10-13)26-3)27-12-15(23)11-22-18(24)20(2,14-7-8-14)21-19(22)25/h4,6,9-10,14-15,23H,1,5,7-8,11-12H2,2-3H3,(H,21,25)/t15-,20+/m0/s1. The lowest BCUT2D eigenvalue weighted by molar-refractivity contribution is -0.132. The molecule has 1 aromatic carbocycles. The maximum absolute atomic E-state index is 12.6. The zero-order valence-corrected chi connectivity index (χ0v) is 15.7. The van der Waals surface area contributed by atoms with Crippen LogP contribution in [0.3, 0.4) is 0 Å².